The normalized spacial score (nSPS) is 46.7. The van der Waals surface area contributed by atoms with Crippen LogP contribution in [0.2, 0.25) is 0 Å². The van der Waals surface area contributed by atoms with Gasteiger partial charge in [0.25, 0.3) is 0 Å². The number of halogens is 1. The molecule has 41 heavy (non-hydrogen) atoms. The maximum absolute atomic E-state index is 12.7. The third kappa shape index (κ3) is 9.55. The number of alkyl halides is 1. The highest BCUT2D eigenvalue weighted by molar-refractivity contribution is 5.88. The molecule has 10 heteroatoms. The van der Waals surface area contributed by atoms with Crippen LogP contribution in [0, 0.1) is 35.5 Å². The summed E-state index contributed by atoms with van der Waals surface area (Å²) in [6.07, 6.45) is -2.76. The molecule has 0 aromatic carbocycles. The summed E-state index contributed by atoms with van der Waals surface area (Å²) < 4.78 is 31.4. The Morgan fingerprint density at radius 1 is 0.951 bits per heavy atom. The Labute approximate surface area is 246 Å². The van der Waals surface area contributed by atoms with Crippen LogP contribution in [0.15, 0.2) is 5.16 Å². The summed E-state index contributed by atoms with van der Waals surface area (Å²) in [5.74, 6) is -1.54. The van der Waals surface area contributed by atoms with E-state index in [1.807, 2.05) is 41.5 Å². The molecule has 2 unspecified atom stereocenters. The lowest BCUT2D eigenvalue weighted by molar-refractivity contribution is -0.276. The standard InChI is InChI=1S/C31H58FNO8/c1-10-25-31(9,37)29(35)22(7)27(33-38-13-11-12-32)18(3)16-24(34)20(5)21(6)28(23(8)30(36)40-25)41-26-15-17(2)14-19(4)39-26/h17-26,28-30,34-37H,10-16H2,1-9H3/b33-27+/t17-,18-,19+,20-,21-,22+,23-,24?,25-,26+,28+,29-,30?,31-/m1/s1. The van der Waals surface area contributed by atoms with Crippen LogP contribution >= 0.6 is 0 Å². The molecule has 2 fully saturated rings. The SMILES string of the molecule is CC[C@H]1OC(O)[C@H](C)[C@@H](O[C@H]2C[C@H](C)C[C@H](C)O2)[C@H](C)[C@@H](C)C(O)C[C@@H](C)/C(=N\OCCCF)[C@H](C)[C@@H](O)[C@]1(C)O. The average molecular weight is 592 g/mol. The van der Waals surface area contributed by atoms with Crippen molar-refractivity contribution in [1.29, 1.82) is 0 Å². The van der Waals surface area contributed by atoms with Crippen LogP contribution in [0.4, 0.5) is 4.39 Å². The van der Waals surface area contributed by atoms with E-state index in [0.717, 1.165) is 12.8 Å². The monoisotopic (exact) mass is 591 g/mol. The molecule has 4 N–H and O–H groups in total. The van der Waals surface area contributed by atoms with Crippen molar-refractivity contribution >= 4 is 5.71 Å². The number of aliphatic hydroxyl groups excluding tert-OH is 3. The van der Waals surface area contributed by atoms with Crippen molar-refractivity contribution < 1.29 is 43.9 Å². The van der Waals surface area contributed by atoms with Crippen LogP contribution in [-0.2, 0) is 19.0 Å². The first-order chi connectivity index (χ1) is 19.1. The van der Waals surface area contributed by atoms with Crippen LogP contribution < -0.4 is 0 Å². The molecule has 0 amide bonds. The lowest BCUT2D eigenvalue weighted by Gasteiger charge is -2.44. The van der Waals surface area contributed by atoms with Crippen LogP contribution in [0.25, 0.3) is 0 Å². The zero-order chi connectivity index (χ0) is 31.1. The van der Waals surface area contributed by atoms with Crippen molar-refractivity contribution in [3.05, 3.63) is 0 Å². The number of aliphatic hydroxyl groups is 4. The van der Waals surface area contributed by atoms with Gasteiger partial charge >= 0.3 is 0 Å². The first kappa shape index (κ1) is 36.3. The van der Waals surface area contributed by atoms with Crippen molar-refractivity contribution in [2.45, 2.75) is 143 Å². The fraction of sp³-hybridized carbons (Fsp3) is 0.968. The first-order valence-electron chi connectivity index (χ1n) is 15.6. The number of ether oxygens (including phenoxy) is 3. The van der Waals surface area contributed by atoms with Gasteiger partial charge in [-0.2, -0.15) is 0 Å². The fourth-order valence-electron chi connectivity index (χ4n) is 6.52. The van der Waals surface area contributed by atoms with Gasteiger partial charge in [-0.3, -0.25) is 4.39 Å². The van der Waals surface area contributed by atoms with Gasteiger partial charge in [-0.15, -0.1) is 0 Å². The lowest BCUT2D eigenvalue weighted by Crippen LogP contribution is -2.57. The quantitative estimate of drug-likeness (QED) is 0.253. The second kappa shape index (κ2) is 16.3. The van der Waals surface area contributed by atoms with Gasteiger partial charge in [0.05, 0.1) is 42.9 Å². The Hall–Kier alpha value is -0.880. The Bertz CT molecular complexity index is 790. The molecule has 0 aromatic rings. The second-order valence-corrected chi connectivity index (χ2v) is 13.1. The van der Waals surface area contributed by atoms with Crippen LogP contribution in [0.1, 0.15) is 94.4 Å². The lowest BCUT2D eigenvalue weighted by atomic mass is 9.75. The molecule has 242 valence electrons. The number of nitrogens with zero attached hydrogens (tertiary/aromatic N) is 1. The number of rotatable bonds is 7. The Morgan fingerprint density at radius 2 is 1.61 bits per heavy atom. The van der Waals surface area contributed by atoms with Crippen LogP contribution in [0.3, 0.4) is 0 Å². The van der Waals surface area contributed by atoms with E-state index in [0.29, 0.717) is 24.5 Å². The third-order valence-corrected chi connectivity index (χ3v) is 9.45. The van der Waals surface area contributed by atoms with E-state index >= 15 is 0 Å². The predicted octanol–water partition coefficient (Wildman–Crippen LogP) is 4.44. The van der Waals surface area contributed by atoms with E-state index in [1.54, 1.807) is 6.92 Å². The molecule has 0 saturated carbocycles. The molecule has 0 aliphatic carbocycles. The summed E-state index contributed by atoms with van der Waals surface area (Å²) in [5, 5.41) is 50.0. The highest BCUT2D eigenvalue weighted by Crippen LogP contribution is 2.37. The Balaban J connectivity index is 2.49. The fourth-order valence-corrected chi connectivity index (χ4v) is 6.52. The van der Waals surface area contributed by atoms with Crippen molar-refractivity contribution in [2.24, 2.45) is 40.7 Å². The van der Waals surface area contributed by atoms with Crippen molar-refractivity contribution in [3.8, 4) is 0 Å². The largest absolute Gasteiger partial charge is 0.396 e. The molecule has 2 rings (SSSR count). The zero-order valence-electron chi connectivity index (χ0n) is 26.7. The Kier molecular flexibility index (Phi) is 14.4. The van der Waals surface area contributed by atoms with Gasteiger partial charge in [0.15, 0.2) is 12.6 Å². The zero-order valence-corrected chi connectivity index (χ0v) is 26.7. The molecule has 0 spiro atoms. The summed E-state index contributed by atoms with van der Waals surface area (Å²) >= 11 is 0. The van der Waals surface area contributed by atoms with Gasteiger partial charge in [-0.1, -0.05) is 53.6 Å². The number of oxime groups is 1. The number of hydrogen-bond donors (Lipinski definition) is 4. The molecule has 0 aromatic heterocycles. The molecular formula is C31H58FNO8. The van der Waals surface area contributed by atoms with Gasteiger partial charge in [-0.25, -0.2) is 0 Å². The molecule has 0 bridgehead atoms. The van der Waals surface area contributed by atoms with E-state index in [4.69, 9.17) is 19.0 Å². The highest BCUT2D eigenvalue weighted by Gasteiger charge is 2.47. The number of hydrogen-bond acceptors (Lipinski definition) is 9. The first-order valence-corrected chi connectivity index (χ1v) is 15.6. The second-order valence-electron chi connectivity index (χ2n) is 13.1. The molecule has 9 nitrogen and oxygen atoms in total. The van der Waals surface area contributed by atoms with Crippen LogP contribution in [0.5, 0.6) is 0 Å². The summed E-state index contributed by atoms with van der Waals surface area (Å²) in [6.45, 7) is 16.5. The smallest absolute Gasteiger partial charge is 0.160 e. The van der Waals surface area contributed by atoms with E-state index in [9.17, 15) is 24.8 Å². The minimum atomic E-state index is -1.76. The molecule has 2 heterocycles. The molecular weight excluding hydrogens is 533 g/mol. The van der Waals surface area contributed by atoms with Gasteiger partial charge in [0.1, 0.15) is 12.2 Å². The minimum Gasteiger partial charge on any atom is -0.396 e. The third-order valence-electron chi connectivity index (χ3n) is 9.45. The van der Waals surface area contributed by atoms with Gasteiger partial charge in [0.2, 0.25) is 0 Å². The van der Waals surface area contributed by atoms with Gasteiger partial charge in [-0.05, 0) is 50.9 Å². The Morgan fingerprint density at radius 3 is 2.20 bits per heavy atom. The van der Waals surface area contributed by atoms with Crippen molar-refractivity contribution in [3.63, 3.8) is 0 Å². The van der Waals surface area contributed by atoms with Gasteiger partial charge in [0, 0.05) is 30.6 Å². The summed E-state index contributed by atoms with van der Waals surface area (Å²) in [6, 6.07) is 0. The highest BCUT2D eigenvalue weighted by atomic mass is 19.1. The molecule has 2 aliphatic heterocycles. The molecule has 14 atom stereocenters. The summed E-state index contributed by atoms with van der Waals surface area (Å²) in [5.41, 5.74) is -1.30. The van der Waals surface area contributed by atoms with Crippen molar-refractivity contribution in [2.75, 3.05) is 13.3 Å². The summed E-state index contributed by atoms with van der Waals surface area (Å²) in [7, 11) is 0. The van der Waals surface area contributed by atoms with Crippen molar-refractivity contribution in [1.82, 2.24) is 0 Å². The van der Waals surface area contributed by atoms with Gasteiger partial charge < -0.3 is 39.5 Å². The minimum absolute atomic E-state index is 0.0470. The predicted molar refractivity (Wildman–Crippen MR) is 156 cm³/mol. The van der Waals surface area contributed by atoms with E-state index < -0.39 is 61.1 Å². The molecule has 0 radical (unpaired) electrons. The van der Waals surface area contributed by atoms with Crippen LogP contribution in [-0.4, -0.2) is 88.1 Å². The van der Waals surface area contributed by atoms with E-state index in [-0.39, 0.29) is 36.9 Å². The molecule has 2 aliphatic rings. The maximum atomic E-state index is 12.7. The topological polar surface area (TPSA) is 130 Å². The average Bonchev–Trinajstić information content (AvgIpc) is 2.91. The van der Waals surface area contributed by atoms with E-state index in [2.05, 4.69) is 12.1 Å². The maximum Gasteiger partial charge on any atom is 0.160 e. The summed E-state index contributed by atoms with van der Waals surface area (Å²) in [4.78, 5) is 5.39. The molecule has 2 saturated heterocycles. The van der Waals surface area contributed by atoms with E-state index in [1.165, 1.54) is 6.92 Å².